The Morgan fingerprint density at radius 3 is 2.34 bits per heavy atom. The Hall–Kier alpha value is -6.48. The number of nitrogens with one attached hydrogen (secondary N) is 3. The van der Waals surface area contributed by atoms with Gasteiger partial charge in [0.05, 0.1) is 23.6 Å². The van der Waals surface area contributed by atoms with E-state index in [1.165, 1.54) is 37.8 Å². The molecule has 0 saturated carbocycles. The normalized spacial score (nSPS) is 21.2. The lowest BCUT2D eigenvalue weighted by Gasteiger charge is -2.42. The van der Waals surface area contributed by atoms with Crippen LogP contribution in [0.4, 0.5) is 16.3 Å². The largest absolute Gasteiger partial charge is 0.357 e. The number of H-pyrrole nitrogens is 1. The summed E-state index contributed by atoms with van der Waals surface area (Å²) in [6.07, 6.45) is 10.9. The van der Waals surface area contributed by atoms with Crippen LogP contribution in [0.2, 0.25) is 0 Å². The number of carbonyl (C=O) groups excluding carboxylic acids is 3. The number of hydrogen-bond donors (Lipinski definition) is 3. The third-order valence-electron chi connectivity index (χ3n) is 14.2. The van der Waals surface area contributed by atoms with E-state index in [1.807, 2.05) is 58.9 Å². The number of rotatable bonds is 10. The second kappa shape index (κ2) is 17.1. The van der Waals surface area contributed by atoms with Gasteiger partial charge >= 0.3 is 17.8 Å². The number of piperidine rings is 2. The molecular formula is C50H57N11O4. The molecule has 2 aromatic carbocycles. The highest BCUT2D eigenvalue weighted by molar-refractivity contribution is 6.05. The average molecular weight is 876 g/mol. The number of amides is 4. The van der Waals surface area contributed by atoms with Gasteiger partial charge in [-0.2, -0.15) is 4.98 Å². The number of anilines is 2. The molecule has 3 unspecified atom stereocenters. The average Bonchev–Trinajstić information content (AvgIpc) is 4.03. The van der Waals surface area contributed by atoms with Crippen LogP contribution in [0, 0.1) is 12.8 Å². The first-order valence-corrected chi connectivity index (χ1v) is 23.1. The van der Waals surface area contributed by atoms with Gasteiger partial charge in [0.25, 0.3) is 0 Å². The summed E-state index contributed by atoms with van der Waals surface area (Å²) < 4.78 is 5.26. The predicted molar refractivity (Wildman–Crippen MR) is 249 cm³/mol. The van der Waals surface area contributed by atoms with Crippen molar-refractivity contribution in [2.75, 3.05) is 36.0 Å². The highest BCUT2D eigenvalue weighted by Crippen LogP contribution is 2.44. The minimum absolute atomic E-state index is 0.0427. The lowest BCUT2D eigenvalue weighted by atomic mass is 9.83. The molecule has 4 aromatic heterocycles. The van der Waals surface area contributed by atoms with E-state index in [4.69, 9.17) is 14.5 Å². The lowest BCUT2D eigenvalue weighted by molar-refractivity contribution is -0.120. The molecule has 2 bridgehead atoms. The predicted octanol–water partition coefficient (Wildman–Crippen LogP) is 8.24. The van der Waals surface area contributed by atoms with Crippen LogP contribution in [0.25, 0.3) is 33.5 Å². The van der Waals surface area contributed by atoms with Crippen LogP contribution < -0.4 is 20.4 Å². The van der Waals surface area contributed by atoms with Crippen molar-refractivity contribution in [1.82, 2.24) is 45.6 Å². The van der Waals surface area contributed by atoms with E-state index in [2.05, 4.69) is 76.9 Å². The molecule has 4 fully saturated rings. The van der Waals surface area contributed by atoms with Crippen molar-refractivity contribution in [3.8, 4) is 22.5 Å². The number of imide groups is 1. The van der Waals surface area contributed by atoms with Crippen molar-refractivity contribution >= 4 is 40.4 Å². The Morgan fingerprint density at radius 2 is 1.66 bits per heavy atom. The molecule has 15 nitrogen and oxygen atoms in total. The number of nitrogens with zero attached hydrogens (tertiary/aromatic N) is 8. The summed E-state index contributed by atoms with van der Waals surface area (Å²) in [5.74, 6) is 2.00. The summed E-state index contributed by atoms with van der Waals surface area (Å²) >= 11 is 0. The van der Waals surface area contributed by atoms with Crippen LogP contribution in [-0.2, 0) is 10.2 Å². The molecule has 4 amide bonds. The monoisotopic (exact) mass is 875 g/mol. The van der Waals surface area contributed by atoms with Crippen LogP contribution in [0.15, 0.2) is 77.7 Å². The summed E-state index contributed by atoms with van der Waals surface area (Å²) in [6, 6.07) is 22.0. The maximum atomic E-state index is 13.0. The van der Waals surface area contributed by atoms with E-state index >= 15 is 0 Å². The molecular weight excluding hydrogens is 819 g/mol. The van der Waals surface area contributed by atoms with Gasteiger partial charge < -0.3 is 19.7 Å². The van der Waals surface area contributed by atoms with E-state index < -0.39 is 5.91 Å². The van der Waals surface area contributed by atoms with E-state index in [-0.39, 0.29) is 29.3 Å². The molecule has 0 radical (unpaired) electrons. The standard InChI is InChI=1S/C50H57N11O4/c1-29-22-34(10-14-39(29)30(2)54-46(63)47-57-48(58-65-47)50(3,4)5)44-40-25-41(55-45(40)53-28-52-44)33-8-6-32(7-9-33)35-23-36-11-12-37(24-35)61(36)27-31-16-19-59(20-17-31)42-15-13-38(26-51-42)60-21-18-43(62)56-49(60)64/h6-10,13-15,22,25-26,28,30-31,35-37H,11-12,16-21,23-24,27H2,1-5H3,(H,54,63)(H,52,53,55)(H,56,62,64). The Morgan fingerprint density at radius 1 is 0.908 bits per heavy atom. The van der Waals surface area contributed by atoms with Crippen LogP contribution in [-0.4, -0.2) is 91.1 Å². The van der Waals surface area contributed by atoms with Gasteiger partial charge in [-0.15, -0.1) is 0 Å². The number of aryl methyl sites for hydroxylation is 1. The number of fused-ring (bicyclic) bond motifs is 3. The third-order valence-corrected chi connectivity index (χ3v) is 14.2. The van der Waals surface area contributed by atoms with Crippen LogP contribution >= 0.6 is 0 Å². The Labute approximate surface area is 378 Å². The molecule has 4 aliphatic heterocycles. The molecule has 10 rings (SSSR count). The van der Waals surface area contributed by atoms with Gasteiger partial charge in [0.2, 0.25) is 5.91 Å². The number of aromatic nitrogens is 6. The number of aromatic amines is 1. The highest BCUT2D eigenvalue weighted by Gasteiger charge is 2.42. The van der Waals surface area contributed by atoms with Gasteiger partial charge in [-0.25, -0.2) is 19.7 Å². The second-order valence-corrected chi connectivity index (χ2v) is 19.5. The molecule has 3 atom stereocenters. The number of urea groups is 1. The van der Waals surface area contributed by atoms with Crippen molar-refractivity contribution in [3.05, 3.63) is 102 Å². The quantitative estimate of drug-likeness (QED) is 0.121. The first kappa shape index (κ1) is 42.5. The Balaban J connectivity index is 0.743. The lowest BCUT2D eigenvalue weighted by Crippen LogP contribution is -2.49. The van der Waals surface area contributed by atoms with Gasteiger partial charge in [0.1, 0.15) is 17.8 Å². The maximum Gasteiger partial charge on any atom is 0.328 e. The first-order valence-electron chi connectivity index (χ1n) is 23.1. The van der Waals surface area contributed by atoms with Crippen molar-refractivity contribution in [2.45, 2.75) is 109 Å². The smallest absolute Gasteiger partial charge is 0.328 e. The highest BCUT2D eigenvalue weighted by atomic mass is 16.5. The molecule has 6 aromatic rings. The number of hydrogen-bond acceptors (Lipinski definition) is 11. The Kier molecular flexibility index (Phi) is 11.2. The fourth-order valence-electron chi connectivity index (χ4n) is 10.5. The molecule has 65 heavy (non-hydrogen) atoms. The van der Waals surface area contributed by atoms with Gasteiger partial charge in [-0.05, 0) is 111 Å². The Bertz CT molecular complexity index is 2720. The zero-order valence-electron chi connectivity index (χ0n) is 37.8. The number of carbonyl (C=O) groups is 3. The molecule has 4 saturated heterocycles. The third kappa shape index (κ3) is 8.61. The summed E-state index contributed by atoms with van der Waals surface area (Å²) in [5.41, 5.74) is 8.57. The zero-order chi connectivity index (χ0) is 45.0. The van der Waals surface area contributed by atoms with E-state index in [9.17, 15) is 14.4 Å². The van der Waals surface area contributed by atoms with E-state index in [0.29, 0.717) is 48.4 Å². The molecule has 8 heterocycles. The zero-order valence-corrected chi connectivity index (χ0v) is 37.8. The summed E-state index contributed by atoms with van der Waals surface area (Å²) in [4.78, 5) is 65.5. The van der Waals surface area contributed by atoms with Gasteiger partial charge in [0, 0.05) is 66.7 Å². The number of pyridine rings is 1. The minimum Gasteiger partial charge on any atom is -0.357 e. The van der Waals surface area contributed by atoms with Crippen LogP contribution in [0.1, 0.15) is 118 Å². The fraction of sp³-hybridized carbons (Fsp3) is 0.440. The fourth-order valence-corrected chi connectivity index (χ4v) is 10.5. The SMILES string of the molecule is Cc1cc(-c2ncnc3[nH]c(-c4ccc(C5CC6CCC(C5)N6CC5CCN(c6ccc(N7CCC(=O)NC7=O)cn6)CC5)cc4)cc23)ccc1C(C)NC(=O)c1nc(C(C)(C)C)no1. The van der Waals surface area contributed by atoms with Crippen molar-refractivity contribution in [1.29, 1.82) is 0 Å². The molecule has 0 aliphatic carbocycles. The molecule has 3 N–H and O–H groups in total. The van der Waals surface area contributed by atoms with Crippen LogP contribution in [0.3, 0.4) is 0 Å². The summed E-state index contributed by atoms with van der Waals surface area (Å²) in [7, 11) is 0. The molecule has 0 spiro atoms. The maximum absolute atomic E-state index is 13.0. The number of benzene rings is 2. The van der Waals surface area contributed by atoms with Crippen molar-refractivity contribution < 1.29 is 18.9 Å². The topological polar surface area (TPSA) is 178 Å². The van der Waals surface area contributed by atoms with Gasteiger partial charge in [0.15, 0.2) is 5.82 Å². The van der Waals surface area contributed by atoms with E-state index in [1.54, 1.807) is 17.4 Å². The second-order valence-electron chi connectivity index (χ2n) is 19.5. The van der Waals surface area contributed by atoms with Crippen molar-refractivity contribution in [3.63, 3.8) is 0 Å². The molecule has 15 heteroatoms. The summed E-state index contributed by atoms with van der Waals surface area (Å²) in [5, 5.41) is 10.3. The molecule has 4 aliphatic rings. The van der Waals surface area contributed by atoms with E-state index in [0.717, 1.165) is 76.4 Å². The molecule has 336 valence electrons. The van der Waals surface area contributed by atoms with Gasteiger partial charge in [-0.3, -0.25) is 24.7 Å². The minimum atomic E-state index is -0.403. The summed E-state index contributed by atoms with van der Waals surface area (Å²) in [6.45, 7) is 13.4. The first-order chi connectivity index (χ1) is 31.3. The van der Waals surface area contributed by atoms with Crippen molar-refractivity contribution in [2.24, 2.45) is 5.92 Å². The van der Waals surface area contributed by atoms with Gasteiger partial charge in [-0.1, -0.05) is 62.3 Å². The van der Waals surface area contributed by atoms with Crippen LogP contribution in [0.5, 0.6) is 0 Å².